The number of ether oxygens (including phenoxy) is 2. The highest BCUT2D eigenvalue weighted by Gasteiger charge is 2.33. The van der Waals surface area contributed by atoms with Crippen molar-refractivity contribution < 1.29 is 22.7 Å². The number of nitrogens with zero attached hydrogens (tertiary/aromatic N) is 3. The van der Waals surface area contributed by atoms with E-state index in [1.807, 2.05) is 29.6 Å². The van der Waals surface area contributed by atoms with E-state index in [-0.39, 0.29) is 23.5 Å². The lowest BCUT2D eigenvalue weighted by Crippen LogP contribution is -2.36. The van der Waals surface area contributed by atoms with Crippen LogP contribution in [0.15, 0.2) is 35.7 Å². The number of methoxy groups -OCH3 is 2. The van der Waals surface area contributed by atoms with Crippen LogP contribution in [0.1, 0.15) is 34.1 Å². The Morgan fingerprint density at radius 2 is 1.91 bits per heavy atom. The molecule has 0 bridgehead atoms. The molecular formula is C23H25N3O5S2. The van der Waals surface area contributed by atoms with Crippen molar-refractivity contribution in [2.24, 2.45) is 0 Å². The first-order valence-corrected chi connectivity index (χ1v) is 13.5. The molecule has 174 valence electrons. The Morgan fingerprint density at radius 3 is 2.55 bits per heavy atom. The first-order chi connectivity index (χ1) is 15.9. The Morgan fingerprint density at radius 1 is 1.15 bits per heavy atom. The van der Waals surface area contributed by atoms with Crippen molar-refractivity contribution in [2.45, 2.75) is 25.4 Å². The van der Waals surface area contributed by atoms with Crippen LogP contribution in [0.2, 0.25) is 0 Å². The van der Waals surface area contributed by atoms with E-state index >= 15 is 0 Å². The maximum absolute atomic E-state index is 13.4. The van der Waals surface area contributed by atoms with Gasteiger partial charge in [-0.25, -0.2) is 8.42 Å². The molecule has 2 aromatic heterocycles. The molecule has 0 aliphatic carbocycles. The third-order valence-corrected chi connectivity index (χ3v) is 8.93. The molecule has 2 aliphatic rings. The molecule has 10 heteroatoms. The fourth-order valence-corrected chi connectivity index (χ4v) is 7.00. The second-order valence-corrected chi connectivity index (χ2v) is 11.5. The molecule has 0 spiro atoms. The van der Waals surface area contributed by atoms with Gasteiger partial charge in [0.25, 0.3) is 5.91 Å². The topological polar surface area (TPSA) is 90.7 Å². The monoisotopic (exact) mass is 487 g/mol. The lowest BCUT2D eigenvalue weighted by atomic mass is 9.98. The fraction of sp³-hybridized carbons (Fsp3) is 0.391. The zero-order chi connectivity index (χ0) is 23.2. The van der Waals surface area contributed by atoms with Gasteiger partial charge < -0.3 is 14.4 Å². The van der Waals surface area contributed by atoms with Gasteiger partial charge in [-0.1, -0.05) is 6.07 Å². The van der Waals surface area contributed by atoms with Crippen LogP contribution >= 0.6 is 11.3 Å². The first kappa shape index (κ1) is 22.0. The molecule has 1 fully saturated rings. The second kappa shape index (κ2) is 8.49. The van der Waals surface area contributed by atoms with Crippen LogP contribution < -0.4 is 9.47 Å². The summed E-state index contributed by atoms with van der Waals surface area (Å²) in [4.78, 5) is 16.2. The van der Waals surface area contributed by atoms with E-state index in [0.717, 1.165) is 21.7 Å². The molecule has 33 heavy (non-hydrogen) atoms. The third kappa shape index (κ3) is 4.13. The molecule has 0 radical (unpaired) electrons. The van der Waals surface area contributed by atoms with Crippen molar-refractivity contribution in [2.75, 3.05) is 32.3 Å². The van der Waals surface area contributed by atoms with Crippen molar-refractivity contribution in [3.05, 3.63) is 52.5 Å². The average Bonchev–Trinajstić information content (AvgIpc) is 3.56. The molecule has 1 unspecified atom stereocenters. The minimum Gasteiger partial charge on any atom is -0.493 e. The highest BCUT2D eigenvalue weighted by Crippen LogP contribution is 2.35. The molecule has 0 N–H and O–H groups in total. The van der Waals surface area contributed by atoms with Crippen LogP contribution in [0.3, 0.4) is 0 Å². The van der Waals surface area contributed by atoms with Crippen LogP contribution in [-0.4, -0.2) is 61.3 Å². The molecule has 1 atom stereocenters. The van der Waals surface area contributed by atoms with E-state index in [1.165, 1.54) is 0 Å². The molecule has 2 aliphatic heterocycles. The summed E-state index contributed by atoms with van der Waals surface area (Å²) in [5.74, 6) is 1.37. The molecular weight excluding hydrogens is 462 g/mol. The molecule has 3 aromatic rings. The van der Waals surface area contributed by atoms with Gasteiger partial charge in [-0.05, 0) is 53.6 Å². The van der Waals surface area contributed by atoms with Crippen LogP contribution in [0.5, 0.6) is 11.5 Å². The standard InChI is InChI=1S/C23H25N3O5S2/c1-30-20-10-15-5-7-25(13-16(15)11-21(20)31-2)23(27)18-12-19(22-4-3-8-32-22)26(24-18)17-6-9-33(28,29)14-17/h3-4,8,10-12,17H,5-7,9,13-14H2,1-2H3. The van der Waals surface area contributed by atoms with E-state index in [2.05, 4.69) is 5.10 Å². The van der Waals surface area contributed by atoms with E-state index < -0.39 is 9.84 Å². The second-order valence-electron chi connectivity index (χ2n) is 8.35. The highest BCUT2D eigenvalue weighted by molar-refractivity contribution is 7.91. The van der Waals surface area contributed by atoms with Gasteiger partial charge in [-0.2, -0.15) is 5.10 Å². The van der Waals surface area contributed by atoms with Gasteiger partial charge in [-0.3, -0.25) is 9.48 Å². The van der Waals surface area contributed by atoms with Crippen molar-refractivity contribution in [3.63, 3.8) is 0 Å². The van der Waals surface area contributed by atoms with Gasteiger partial charge in [0.15, 0.2) is 27.0 Å². The summed E-state index contributed by atoms with van der Waals surface area (Å²) in [5, 5.41) is 6.59. The summed E-state index contributed by atoms with van der Waals surface area (Å²) in [6.45, 7) is 1.02. The number of amides is 1. The normalized spacial score (nSPS) is 19.3. The predicted octanol–water partition coefficient (Wildman–Crippen LogP) is 3.19. The van der Waals surface area contributed by atoms with Crippen LogP contribution in [0.25, 0.3) is 10.6 Å². The van der Waals surface area contributed by atoms with Crippen LogP contribution in [-0.2, 0) is 22.8 Å². The van der Waals surface area contributed by atoms with Crippen molar-refractivity contribution in [1.29, 1.82) is 0 Å². The highest BCUT2D eigenvalue weighted by atomic mass is 32.2. The zero-order valence-electron chi connectivity index (χ0n) is 18.5. The maximum atomic E-state index is 13.4. The minimum atomic E-state index is -3.08. The maximum Gasteiger partial charge on any atom is 0.274 e. The summed E-state index contributed by atoms with van der Waals surface area (Å²) in [6.07, 6.45) is 1.22. The van der Waals surface area contributed by atoms with Gasteiger partial charge >= 0.3 is 0 Å². The van der Waals surface area contributed by atoms with Crippen LogP contribution in [0.4, 0.5) is 0 Å². The number of rotatable bonds is 5. The lowest BCUT2D eigenvalue weighted by molar-refractivity contribution is 0.0727. The Hall–Kier alpha value is -2.85. The summed E-state index contributed by atoms with van der Waals surface area (Å²) in [6, 6.07) is 9.34. The summed E-state index contributed by atoms with van der Waals surface area (Å²) >= 11 is 1.55. The summed E-state index contributed by atoms with van der Waals surface area (Å²) < 4.78 is 36.7. The molecule has 1 saturated heterocycles. The number of hydrogen-bond donors (Lipinski definition) is 0. The smallest absolute Gasteiger partial charge is 0.274 e. The average molecular weight is 488 g/mol. The summed E-state index contributed by atoms with van der Waals surface area (Å²) in [5.41, 5.74) is 3.29. The SMILES string of the molecule is COc1cc2c(cc1OC)CN(C(=O)c1cc(-c3cccs3)n(C3CCS(=O)(=O)C3)n1)CC2. The number of aromatic nitrogens is 2. The first-order valence-electron chi connectivity index (χ1n) is 10.8. The van der Waals surface area contributed by atoms with Gasteiger partial charge in [0.2, 0.25) is 0 Å². The van der Waals surface area contributed by atoms with E-state index in [4.69, 9.17) is 9.47 Å². The number of carbonyl (C=O) groups excluding carboxylic acids is 1. The minimum absolute atomic E-state index is 0.0550. The van der Waals surface area contributed by atoms with Crippen molar-refractivity contribution >= 4 is 27.1 Å². The van der Waals surface area contributed by atoms with E-state index in [9.17, 15) is 13.2 Å². The molecule has 4 heterocycles. The van der Waals surface area contributed by atoms with Gasteiger partial charge in [0, 0.05) is 13.1 Å². The quantitative estimate of drug-likeness (QED) is 0.549. The Bertz CT molecular complexity index is 1300. The van der Waals surface area contributed by atoms with E-state index in [1.54, 1.807) is 41.2 Å². The molecule has 5 rings (SSSR count). The van der Waals surface area contributed by atoms with Crippen molar-refractivity contribution in [1.82, 2.24) is 14.7 Å². The number of hydrogen-bond acceptors (Lipinski definition) is 7. The largest absolute Gasteiger partial charge is 0.493 e. The molecule has 1 aromatic carbocycles. The molecule has 8 nitrogen and oxygen atoms in total. The number of benzene rings is 1. The van der Waals surface area contributed by atoms with E-state index in [0.29, 0.717) is 43.1 Å². The predicted molar refractivity (Wildman–Crippen MR) is 126 cm³/mol. The number of carbonyl (C=O) groups is 1. The van der Waals surface area contributed by atoms with Gasteiger partial charge in [-0.15, -0.1) is 11.3 Å². The van der Waals surface area contributed by atoms with Gasteiger partial charge in [0.1, 0.15) is 0 Å². The Balaban J connectivity index is 1.45. The zero-order valence-corrected chi connectivity index (χ0v) is 20.1. The number of thiophene rings is 1. The molecule has 1 amide bonds. The third-order valence-electron chi connectivity index (χ3n) is 6.29. The van der Waals surface area contributed by atoms with Crippen LogP contribution in [0, 0.1) is 0 Å². The number of sulfone groups is 1. The Labute approximate surface area is 196 Å². The fourth-order valence-electron chi connectivity index (χ4n) is 4.57. The summed E-state index contributed by atoms with van der Waals surface area (Å²) in [7, 11) is 0.125. The molecule has 0 saturated carbocycles. The van der Waals surface area contributed by atoms with Crippen molar-refractivity contribution in [3.8, 4) is 22.1 Å². The lowest BCUT2D eigenvalue weighted by Gasteiger charge is -2.29. The number of fused-ring (bicyclic) bond motifs is 1. The van der Waals surface area contributed by atoms with Gasteiger partial charge in [0.05, 0.1) is 42.3 Å². The Kier molecular flexibility index (Phi) is 5.65.